The van der Waals surface area contributed by atoms with E-state index in [2.05, 4.69) is 27.0 Å². The van der Waals surface area contributed by atoms with Crippen LogP contribution in [0.2, 0.25) is 5.02 Å². The van der Waals surface area contributed by atoms with Gasteiger partial charge in [-0.2, -0.15) is 15.1 Å². The summed E-state index contributed by atoms with van der Waals surface area (Å²) in [7, 11) is 1.98. The van der Waals surface area contributed by atoms with Crippen LogP contribution in [0.1, 0.15) is 70.3 Å². The van der Waals surface area contributed by atoms with Gasteiger partial charge in [0.1, 0.15) is 23.3 Å². The fourth-order valence-electron chi connectivity index (χ4n) is 9.12. The lowest BCUT2D eigenvalue weighted by atomic mass is 9.62. The zero-order valence-electron chi connectivity index (χ0n) is 29.9. The molecule has 2 N–H and O–H groups in total. The highest BCUT2D eigenvalue weighted by Gasteiger charge is 2.56. The number of methoxy groups -OCH3 is 1. The van der Waals surface area contributed by atoms with E-state index in [1.165, 1.54) is 20.0 Å². The van der Waals surface area contributed by atoms with Gasteiger partial charge in [0.2, 0.25) is 5.88 Å². The number of aryl methyl sites for hydroxylation is 1. The van der Waals surface area contributed by atoms with Gasteiger partial charge in [0.05, 0.1) is 50.8 Å². The number of alkyl halides is 1. The third-order valence-corrected chi connectivity index (χ3v) is 12.2. The Kier molecular flexibility index (Phi) is 10.3. The Bertz CT molecular complexity index is 1880. The SMILES string of the molecule is CCCCN(CO)c1nc(OCC23CCCC2N(C2CC4(COC4)C2)CCC3)nc2c(F)c(-c3c(Cl)c(C)cc4[nH]ncc34)nc(OC)c12.CF. The molecule has 5 heterocycles. The minimum Gasteiger partial charge on any atom is -0.480 e. The molecule has 8 rings (SSSR count). The lowest BCUT2D eigenvalue weighted by molar-refractivity contribution is -0.196. The smallest absolute Gasteiger partial charge is 0.319 e. The first kappa shape index (κ1) is 36.0. The Labute approximate surface area is 302 Å². The first-order valence-electron chi connectivity index (χ1n) is 18.1. The van der Waals surface area contributed by atoms with Crippen molar-refractivity contribution in [1.82, 2.24) is 30.0 Å². The van der Waals surface area contributed by atoms with Gasteiger partial charge >= 0.3 is 6.01 Å². The summed E-state index contributed by atoms with van der Waals surface area (Å²) in [5.74, 6) is -0.222. The minimum absolute atomic E-state index is 0.000702. The largest absolute Gasteiger partial charge is 0.480 e. The maximum absolute atomic E-state index is 17.0. The molecule has 2 saturated heterocycles. The molecule has 0 amide bonds. The van der Waals surface area contributed by atoms with Crippen molar-refractivity contribution in [3.05, 3.63) is 28.7 Å². The van der Waals surface area contributed by atoms with Crippen LogP contribution in [0.5, 0.6) is 11.9 Å². The molecule has 11 nitrogen and oxygen atoms in total. The molecule has 2 unspecified atom stereocenters. The third-order valence-electron chi connectivity index (χ3n) is 11.7. The lowest BCUT2D eigenvalue weighted by Gasteiger charge is -2.60. The van der Waals surface area contributed by atoms with Crippen LogP contribution in [0.3, 0.4) is 0 Å². The normalized spacial score (nSPS) is 22.7. The summed E-state index contributed by atoms with van der Waals surface area (Å²) in [6.45, 7) is 7.49. The third kappa shape index (κ3) is 6.17. The van der Waals surface area contributed by atoms with Gasteiger partial charge in [0.25, 0.3) is 0 Å². The van der Waals surface area contributed by atoms with Crippen LogP contribution < -0.4 is 14.4 Å². The summed E-state index contributed by atoms with van der Waals surface area (Å²) in [4.78, 5) is 18.7. The van der Waals surface area contributed by atoms with E-state index in [0.717, 1.165) is 70.3 Å². The van der Waals surface area contributed by atoms with E-state index < -0.39 is 5.82 Å². The molecule has 4 fully saturated rings. The van der Waals surface area contributed by atoms with Gasteiger partial charge in [-0.05, 0) is 70.0 Å². The number of benzene rings is 1. The standard InChI is InChI=1S/C36H45ClFN7O4.CH3F/c1-4-5-11-44(20-46)32-27-31(29(38)30(40-33(27)47-3)26-23-16-39-43-24(23)13-21(2)28(26)37)41-34(42-32)49-19-36-9-6-8-25(36)45(12-7-10-36)22-14-35(15-22)17-48-18-35;1-2/h13,16,22,25,46H,4-12,14-15,17-20H2,1-3H3,(H,39,43);1H3. The number of likely N-dealkylation sites (tertiary alicyclic amines) is 1. The molecule has 2 aliphatic heterocycles. The molecule has 4 aliphatic rings. The molecule has 0 bridgehead atoms. The molecule has 276 valence electrons. The number of fused-ring (bicyclic) bond motifs is 3. The number of ether oxygens (including phenoxy) is 3. The van der Waals surface area contributed by atoms with Crippen molar-refractivity contribution in [1.29, 1.82) is 0 Å². The van der Waals surface area contributed by atoms with Crippen molar-refractivity contribution < 1.29 is 28.1 Å². The number of nitrogens with one attached hydrogen (secondary N) is 1. The number of aliphatic hydroxyl groups excluding tert-OH is 1. The van der Waals surface area contributed by atoms with E-state index >= 15 is 4.39 Å². The molecule has 14 heteroatoms. The molecule has 2 atom stereocenters. The van der Waals surface area contributed by atoms with E-state index in [9.17, 15) is 9.50 Å². The Morgan fingerprint density at radius 2 is 1.96 bits per heavy atom. The van der Waals surface area contributed by atoms with E-state index in [4.69, 9.17) is 35.8 Å². The summed E-state index contributed by atoms with van der Waals surface area (Å²) in [6.07, 6.45) is 11.4. The number of aliphatic hydroxyl groups is 1. The second-order valence-corrected chi connectivity index (χ2v) is 15.1. The average Bonchev–Trinajstić information content (AvgIpc) is 3.76. The number of H-pyrrole nitrogens is 1. The first-order chi connectivity index (χ1) is 24.8. The summed E-state index contributed by atoms with van der Waals surface area (Å²) >= 11 is 6.84. The number of pyridine rings is 1. The second kappa shape index (κ2) is 14.6. The van der Waals surface area contributed by atoms with Crippen molar-refractivity contribution in [2.45, 2.75) is 83.7 Å². The van der Waals surface area contributed by atoms with Gasteiger partial charge in [-0.15, -0.1) is 0 Å². The fourth-order valence-corrected chi connectivity index (χ4v) is 9.37. The fraction of sp³-hybridized carbons (Fsp3) is 0.622. The Morgan fingerprint density at radius 1 is 1.18 bits per heavy atom. The van der Waals surface area contributed by atoms with Crippen molar-refractivity contribution in [2.24, 2.45) is 10.8 Å². The second-order valence-electron chi connectivity index (χ2n) is 14.8. The summed E-state index contributed by atoms with van der Waals surface area (Å²) < 4.78 is 44.5. The molecular weight excluding hydrogens is 680 g/mol. The molecule has 2 aliphatic carbocycles. The van der Waals surface area contributed by atoms with E-state index in [1.807, 2.05) is 13.0 Å². The Balaban J connectivity index is 0.00000200. The number of hydrogen-bond donors (Lipinski definition) is 2. The van der Waals surface area contributed by atoms with Gasteiger partial charge in [0, 0.05) is 40.4 Å². The molecular formula is C37H48ClF2N7O4. The molecule has 2 saturated carbocycles. The Hall–Kier alpha value is -3.39. The van der Waals surface area contributed by atoms with Crippen LogP contribution >= 0.6 is 11.6 Å². The maximum Gasteiger partial charge on any atom is 0.319 e. The molecule has 51 heavy (non-hydrogen) atoms. The van der Waals surface area contributed by atoms with Gasteiger partial charge in [0.15, 0.2) is 11.6 Å². The van der Waals surface area contributed by atoms with Gasteiger partial charge < -0.3 is 24.2 Å². The number of hydrogen-bond acceptors (Lipinski definition) is 10. The van der Waals surface area contributed by atoms with Crippen LogP contribution in [0.25, 0.3) is 33.1 Å². The predicted molar refractivity (Wildman–Crippen MR) is 193 cm³/mol. The van der Waals surface area contributed by atoms with Crippen LogP contribution in [0.15, 0.2) is 12.3 Å². The van der Waals surface area contributed by atoms with Crippen molar-refractivity contribution in [3.8, 4) is 23.1 Å². The number of rotatable bonds is 11. The van der Waals surface area contributed by atoms with Crippen LogP contribution in [-0.4, -0.2) is 101 Å². The number of halogens is 3. The highest BCUT2D eigenvalue weighted by molar-refractivity contribution is 6.35. The zero-order chi connectivity index (χ0) is 35.9. The average molecular weight is 728 g/mol. The van der Waals surface area contributed by atoms with E-state index in [-0.39, 0.29) is 40.6 Å². The first-order valence-corrected chi connectivity index (χ1v) is 18.5. The highest BCUT2D eigenvalue weighted by Crippen LogP contribution is 2.55. The minimum atomic E-state index is -0.674. The van der Waals surface area contributed by atoms with Crippen LogP contribution in [-0.2, 0) is 4.74 Å². The Morgan fingerprint density at radius 3 is 2.67 bits per heavy atom. The van der Waals surface area contributed by atoms with Crippen molar-refractivity contribution in [2.75, 3.05) is 58.8 Å². The van der Waals surface area contributed by atoms with Crippen molar-refractivity contribution >= 4 is 39.2 Å². The number of anilines is 1. The molecule has 4 aromatic rings. The molecule has 3 aromatic heterocycles. The molecule has 1 spiro atoms. The quantitative estimate of drug-likeness (QED) is 0.156. The molecule has 0 radical (unpaired) electrons. The summed E-state index contributed by atoms with van der Waals surface area (Å²) in [5.41, 5.74) is 2.25. The maximum atomic E-state index is 17.0. The zero-order valence-corrected chi connectivity index (χ0v) is 30.7. The summed E-state index contributed by atoms with van der Waals surface area (Å²) in [6, 6.07) is 2.99. The topological polar surface area (TPSA) is 122 Å². The monoisotopic (exact) mass is 727 g/mol. The van der Waals surface area contributed by atoms with E-state index in [1.54, 1.807) is 11.1 Å². The van der Waals surface area contributed by atoms with Crippen LogP contribution in [0, 0.1) is 23.6 Å². The predicted octanol–water partition coefficient (Wildman–Crippen LogP) is 7.01. The number of nitrogens with zero attached hydrogens (tertiary/aromatic N) is 6. The number of aromatic nitrogens is 5. The van der Waals surface area contributed by atoms with Crippen LogP contribution in [0.4, 0.5) is 14.6 Å². The van der Waals surface area contributed by atoms with E-state index in [0.29, 0.717) is 65.1 Å². The molecule has 1 aromatic carbocycles. The van der Waals surface area contributed by atoms with Gasteiger partial charge in [-0.3, -0.25) is 14.4 Å². The van der Waals surface area contributed by atoms with Crippen molar-refractivity contribution in [3.63, 3.8) is 0 Å². The lowest BCUT2D eigenvalue weighted by Crippen LogP contribution is -2.64. The highest BCUT2D eigenvalue weighted by atomic mass is 35.5. The summed E-state index contributed by atoms with van der Waals surface area (Å²) in [5, 5.41) is 18.9. The van der Waals surface area contributed by atoms with Gasteiger partial charge in [-0.25, -0.2) is 9.37 Å². The number of piperidine rings is 1. The number of aromatic amines is 1. The number of unbranched alkanes of at least 4 members (excludes halogenated alkanes) is 1. The van der Waals surface area contributed by atoms with Gasteiger partial charge in [-0.1, -0.05) is 31.4 Å².